The molecule has 1 atom stereocenters. The third kappa shape index (κ3) is 4.38. The zero-order valence-corrected chi connectivity index (χ0v) is 18.0. The van der Waals surface area contributed by atoms with E-state index in [4.69, 9.17) is 0 Å². The molecule has 1 aromatic carbocycles. The number of likely N-dealkylation sites (tertiary alicyclic amines) is 1. The van der Waals surface area contributed by atoms with E-state index in [-0.39, 0.29) is 29.0 Å². The van der Waals surface area contributed by atoms with Gasteiger partial charge in [-0.1, -0.05) is 26.0 Å². The van der Waals surface area contributed by atoms with Gasteiger partial charge in [0.2, 0.25) is 21.8 Å². The molecular weight excluding hydrogens is 390 g/mol. The van der Waals surface area contributed by atoms with Crippen LogP contribution in [0.2, 0.25) is 0 Å². The molecule has 0 radical (unpaired) electrons. The van der Waals surface area contributed by atoms with Crippen molar-refractivity contribution in [2.24, 2.45) is 5.92 Å². The summed E-state index contributed by atoms with van der Waals surface area (Å²) in [6.07, 6.45) is 1.83. The molecule has 29 heavy (non-hydrogen) atoms. The number of nitrogens with zero attached hydrogens (tertiary/aromatic N) is 3. The number of benzene rings is 1. The summed E-state index contributed by atoms with van der Waals surface area (Å²) in [6, 6.07) is 6.35. The highest BCUT2D eigenvalue weighted by Gasteiger charge is 2.37. The Labute approximate surface area is 173 Å². The highest BCUT2D eigenvalue weighted by Crippen LogP contribution is 2.29. The smallest absolute Gasteiger partial charge is 0.243 e. The highest BCUT2D eigenvalue weighted by atomic mass is 32.2. The fourth-order valence-electron chi connectivity index (χ4n) is 3.93. The fraction of sp³-hybridized carbons (Fsp3) is 0.524. The molecule has 7 nitrogen and oxygen atoms in total. The molecule has 1 unspecified atom stereocenters. The predicted molar refractivity (Wildman–Crippen MR) is 112 cm³/mol. The number of hydrogen-bond donors (Lipinski definition) is 0. The van der Waals surface area contributed by atoms with Gasteiger partial charge < -0.3 is 9.80 Å². The van der Waals surface area contributed by atoms with Crippen LogP contribution in [-0.4, -0.2) is 62.2 Å². The number of carbonyl (C=O) groups excluding carboxylic acids is 2. The summed E-state index contributed by atoms with van der Waals surface area (Å²) in [6.45, 7) is 10.0. The van der Waals surface area contributed by atoms with E-state index in [0.29, 0.717) is 38.4 Å². The van der Waals surface area contributed by atoms with E-state index in [1.165, 1.54) is 16.4 Å². The van der Waals surface area contributed by atoms with Gasteiger partial charge in [0.25, 0.3) is 0 Å². The number of rotatable bonds is 6. The van der Waals surface area contributed by atoms with Crippen LogP contribution in [0.15, 0.2) is 41.3 Å². The Morgan fingerprint density at radius 3 is 2.28 bits per heavy atom. The Bertz CT molecular complexity index is 881. The second kappa shape index (κ2) is 8.67. The molecule has 8 heteroatoms. The van der Waals surface area contributed by atoms with Crippen molar-refractivity contribution >= 4 is 27.5 Å². The van der Waals surface area contributed by atoms with Gasteiger partial charge in [0.1, 0.15) is 0 Å². The number of amides is 2. The Balaban J connectivity index is 1.70. The Morgan fingerprint density at radius 1 is 1.14 bits per heavy atom. The first kappa shape index (κ1) is 21.5. The van der Waals surface area contributed by atoms with Gasteiger partial charge in [-0.15, -0.1) is 0 Å². The van der Waals surface area contributed by atoms with Gasteiger partial charge in [0, 0.05) is 44.8 Å². The van der Waals surface area contributed by atoms with E-state index < -0.39 is 10.0 Å². The van der Waals surface area contributed by atoms with Crippen LogP contribution in [0.5, 0.6) is 0 Å². The van der Waals surface area contributed by atoms with Gasteiger partial charge in [-0.05, 0) is 37.1 Å². The maximum Gasteiger partial charge on any atom is 0.243 e. The molecular formula is C21H29N3O4S. The first-order chi connectivity index (χ1) is 13.8. The fourth-order valence-corrected chi connectivity index (χ4v) is 5.39. The molecule has 1 aromatic rings. The minimum absolute atomic E-state index is 0.0223. The second-order valence-corrected chi connectivity index (χ2v) is 9.50. The van der Waals surface area contributed by atoms with Crippen molar-refractivity contribution in [2.45, 2.75) is 38.0 Å². The van der Waals surface area contributed by atoms with Crippen molar-refractivity contribution in [1.29, 1.82) is 0 Å². The lowest BCUT2D eigenvalue weighted by molar-refractivity contribution is -0.136. The standard InChI is InChI=1S/C21H29N3O4S/c1-4-23(5-2)29(27,28)19-8-6-18(7-9-19)24-15-17(14-20(24)25)21(26)22-12-10-16(3)11-13-22/h6-9,17H,3-5,10-15H2,1-2H3. The van der Waals surface area contributed by atoms with Crippen molar-refractivity contribution in [3.8, 4) is 0 Å². The lowest BCUT2D eigenvalue weighted by Crippen LogP contribution is -2.41. The minimum atomic E-state index is -3.54. The lowest BCUT2D eigenvalue weighted by atomic mass is 10.0. The number of piperidine rings is 1. The average Bonchev–Trinajstić information content (AvgIpc) is 3.10. The van der Waals surface area contributed by atoms with Crippen LogP contribution in [0.4, 0.5) is 5.69 Å². The Kier molecular flexibility index (Phi) is 6.43. The van der Waals surface area contributed by atoms with E-state index >= 15 is 0 Å². The van der Waals surface area contributed by atoms with Crippen LogP contribution in [0, 0.1) is 5.92 Å². The van der Waals surface area contributed by atoms with Crippen LogP contribution >= 0.6 is 0 Å². The molecule has 2 heterocycles. The average molecular weight is 420 g/mol. The van der Waals surface area contributed by atoms with E-state index in [1.807, 2.05) is 4.90 Å². The third-order valence-corrected chi connectivity index (χ3v) is 7.81. The molecule has 2 aliphatic heterocycles. The molecule has 158 valence electrons. The van der Waals surface area contributed by atoms with Crippen LogP contribution in [-0.2, 0) is 19.6 Å². The predicted octanol–water partition coefficient (Wildman–Crippen LogP) is 2.25. The van der Waals surface area contributed by atoms with E-state index in [1.54, 1.807) is 30.9 Å². The van der Waals surface area contributed by atoms with Gasteiger partial charge in [-0.3, -0.25) is 9.59 Å². The summed E-state index contributed by atoms with van der Waals surface area (Å²) in [4.78, 5) is 28.9. The monoisotopic (exact) mass is 419 g/mol. The molecule has 2 fully saturated rings. The van der Waals surface area contributed by atoms with E-state index in [9.17, 15) is 18.0 Å². The maximum absolute atomic E-state index is 12.8. The van der Waals surface area contributed by atoms with Gasteiger partial charge in [-0.25, -0.2) is 8.42 Å². The summed E-state index contributed by atoms with van der Waals surface area (Å²) in [5, 5.41) is 0. The molecule has 0 N–H and O–H groups in total. The summed E-state index contributed by atoms with van der Waals surface area (Å²) in [7, 11) is -3.54. The summed E-state index contributed by atoms with van der Waals surface area (Å²) >= 11 is 0. The van der Waals surface area contributed by atoms with E-state index in [2.05, 4.69) is 6.58 Å². The number of anilines is 1. The summed E-state index contributed by atoms with van der Waals surface area (Å²) in [5.41, 5.74) is 1.79. The van der Waals surface area contributed by atoms with Crippen molar-refractivity contribution in [2.75, 3.05) is 37.6 Å². The molecule has 2 amide bonds. The number of hydrogen-bond acceptors (Lipinski definition) is 4. The van der Waals surface area contributed by atoms with Crippen LogP contribution in [0.1, 0.15) is 33.1 Å². The zero-order chi connectivity index (χ0) is 21.2. The number of sulfonamides is 1. The molecule has 0 bridgehead atoms. The van der Waals surface area contributed by atoms with Crippen LogP contribution < -0.4 is 4.90 Å². The molecule has 2 aliphatic rings. The largest absolute Gasteiger partial charge is 0.342 e. The van der Waals surface area contributed by atoms with Gasteiger partial charge >= 0.3 is 0 Å². The van der Waals surface area contributed by atoms with Crippen molar-refractivity contribution in [1.82, 2.24) is 9.21 Å². The Morgan fingerprint density at radius 2 is 1.72 bits per heavy atom. The van der Waals surface area contributed by atoms with Crippen LogP contribution in [0.25, 0.3) is 0 Å². The number of carbonyl (C=O) groups is 2. The summed E-state index contributed by atoms with van der Waals surface area (Å²) in [5.74, 6) is -0.439. The van der Waals surface area contributed by atoms with E-state index in [0.717, 1.165) is 18.4 Å². The highest BCUT2D eigenvalue weighted by molar-refractivity contribution is 7.89. The van der Waals surface area contributed by atoms with Gasteiger partial charge in [0.05, 0.1) is 10.8 Å². The minimum Gasteiger partial charge on any atom is -0.342 e. The van der Waals surface area contributed by atoms with Gasteiger partial charge in [0.15, 0.2) is 0 Å². The molecule has 0 spiro atoms. The topological polar surface area (TPSA) is 78.0 Å². The quantitative estimate of drug-likeness (QED) is 0.663. The van der Waals surface area contributed by atoms with Crippen molar-refractivity contribution < 1.29 is 18.0 Å². The molecule has 2 saturated heterocycles. The Hall–Kier alpha value is -2.19. The third-order valence-electron chi connectivity index (χ3n) is 5.75. The van der Waals surface area contributed by atoms with Gasteiger partial charge in [-0.2, -0.15) is 4.31 Å². The maximum atomic E-state index is 12.8. The second-order valence-electron chi connectivity index (χ2n) is 7.56. The normalized spacial score (nSPS) is 20.6. The first-order valence-electron chi connectivity index (χ1n) is 10.1. The zero-order valence-electron chi connectivity index (χ0n) is 17.1. The summed E-state index contributed by atoms with van der Waals surface area (Å²) < 4.78 is 26.6. The molecule has 0 saturated carbocycles. The molecule has 3 rings (SSSR count). The molecule has 0 aliphatic carbocycles. The lowest BCUT2D eigenvalue weighted by Gasteiger charge is -2.30. The van der Waals surface area contributed by atoms with Crippen molar-refractivity contribution in [3.05, 3.63) is 36.4 Å². The van der Waals surface area contributed by atoms with Crippen molar-refractivity contribution in [3.63, 3.8) is 0 Å². The van der Waals surface area contributed by atoms with Crippen LogP contribution in [0.3, 0.4) is 0 Å². The molecule has 0 aromatic heterocycles. The SMILES string of the molecule is C=C1CCN(C(=O)C2CC(=O)N(c3ccc(S(=O)(=O)N(CC)CC)cc3)C2)CC1. The first-order valence-corrected chi connectivity index (χ1v) is 11.6.